The lowest BCUT2D eigenvalue weighted by atomic mass is 10.1. The molecule has 1 aliphatic heterocycles. The molecule has 2 aromatic rings. The van der Waals surface area contributed by atoms with Gasteiger partial charge in [0.1, 0.15) is 17.7 Å². The fraction of sp³-hybridized carbons (Fsp3) is 0.278. The third kappa shape index (κ3) is 4.30. The number of nitrogens with zero attached hydrogens (tertiary/aromatic N) is 1. The summed E-state index contributed by atoms with van der Waals surface area (Å²) < 4.78 is 47.3. The Balaban J connectivity index is 1.68. The number of carbonyl (C=O) groups excluding carboxylic acids is 1. The molecule has 0 radical (unpaired) electrons. The highest BCUT2D eigenvalue weighted by molar-refractivity contribution is 5.94. The molecule has 1 heterocycles. The van der Waals surface area contributed by atoms with Gasteiger partial charge in [-0.2, -0.15) is 8.78 Å². The maximum Gasteiger partial charge on any atom is 0.387 e. The Morgan fingerprint density at radius 3 is 2.44 bits per heavy atom. The molecule has 7 heteroatoms. The van der Waals surface area contributed by atoms with Crippen LogP contribution in [0.3, 0.4) is 0 Å². The number of alkyl halides is 2. The van der Waals surface area contributed by atoms with E-state index in [1.165, 1.54) is 36.4 Å². The van der Waals surface area contributed by atoms with Gasteiger partial charge in [-0.05, 0) is 42.0 Å². The molecule has 0 saturated carbocycles. The molecule has 0 N–H and O–H groups in total. The Labute approximate surface area is 142 Å². The number of carbonyl (C=O) groups is 1. The fourth-order valence-corrected chi connectivity index (χ4v) is 2.67. The minimum Gasteiger partial charge on any atom is -0.435 e. The Kier molecular flexibility index (Phi) is 5.23. The molecule has 1 saturated heterocycles. The summed E-state index contributed by atoms with van der Waals surface area (Å²) in [6.07, 6.45) is -0.334. The van der Waals surface area contributed by atoms with Gasteiger partial charge < -0.3 is 14.4 Å². The highest BCUT2D eigenvalue weighted by Gasteiger charge is 2.26. The van der Waals surface area contributed by atoms with Gasteiger partial charge in [0.15, 0.2) is 0 Å². The average Bonchev–Trinajstić information content (AvgIpc) is 2.62. The van der Waals surface area contributed by atoms with Crippen molar-refractivity contribution in [3.8, 4) is 5.75 Å². The van der Waals surface area contributed by atoms with Crippen LogP contribution in [0, 0.1) is 5.82 Å². The number of benzene rings is 2. The molecule has 1 fully saturated rings. The summed E-state index contributed by atoms with van der Waals surface area (Å²) in [4.78, 5) is 14.2. The Morgan fingerprint density at radius 1 is 1.12 bits per heavy atom. The van der Waals surface area contributed by atoms with E-state index in [2.05, 4.69) is 4.74 Å². The van der Waals surface area contributed by atoms with Gasteiger partial charge in [-0.15, -0.1) is 0 Å². The van der Waals surface area contributed by atoms with Crippen LogP contribution < -0.4 is 4.74 Å². The lowest BCUT2D eigenvalue weighted by molar-refractivity contribution is -0.0498. The van der Waals surface area contributed by atoms with Crippen LogP contribution in [0.4, 0.5) is 13.2 Å². The zero-order valence-corrected chi connectivity index (χ0v) is 13.2. The summed E-state index contributed by atoms with van der Waals surface area (Å²) in [5.74, 6) is -0.560. The molecule has 25 heavy (non-hydrogen) atoms. The van der Waals surface area contributed by atoms with Crippen LogP contribution >= 0.6 is 0 Å². The summed E-state index contributed by atoms with van der Waals surface area (Å²) in [6.45, 7) is -1.79. The van der Waals surface area contributed by atoms with Crippen LogP contribution in [0.15, 0.2) is 48.5 Å². The molecule has 1 atom stereocenters. The molecule has 0 spiro atoms. The molecular formula is C18H16F3NO3. The maximum atomic E-state index is 13.0. The standard InChI is InChI=1S/C18H16F3NO3/c19-14-5-1-12(2-6-14)16-11-22(9-10-24-16)17(23)13-3-7-15(8-4-13)25-18(20)21/h1-8,16,18H,9-11H2. The van der Waals surface area contributed by atoms with E-state index in [0.29, 0.717) is 25.3 Å². The number of hydrogen-bond acceptors (Lipinski definition) is 3. The second-order valence-electron chi connectivity index (χ2n) is 5.57. The summed E-state index contributed by atoms with van der Waals surface area (Å²) in [5, 5.41) is 0. The van der Waals surface area contributed by atoms with Crippen LogP contribution in [-0.2, 0) is 4.74 Å². The van der Waals surface area contributed by atoms with Gasteiger partial charge in [0.05, 0.1) is 13.2 Å². The first-order valence-electron chi connectivity index (χ1n) is 7.74. The molecule has 0 aromatic heterocycles. The van der Waals surface area contributed by atoms with E-state index in [9.17, 15) is 18.0 Å². The molecule has 3 rings (SSSR count). The van der Waals surface area contributed by atoms with E-state index in [1.807, 2.05) is 0 Å². The monoisotopic (exact) mass is 351 g/mol. The number of ether oxygens (including phenoxy) is 2. The van der Waals surface area contributed by atoms with Crippen molar-refractivity contribution in [2.75, 3.05) is 19.7 Å². The highest BCUT2D eigenvalue weighted by atomic mass is 19.3. The van der Waals surface area contributed by atoms with E-state index in [-0.39, 0.29) is 23.6 Å². The predicted octanol–water partition coefficient (Wildman–Crippen LogP) is 3.64. The van der Waals surface area contributed by atoms with Crippen molar-refractivity contribution in [2.45, 2.75) is 12.7 Å². The van der Waals surface area contributed by atoms with E-state index in [4.69, 9.17) is 4.74 Å². The second-order valence-corrected chi connectivity index (χ2v) is 5.57. The smallest absolute Gasteiger partial charge is 0.387 e. The molecule has 132 valence electrons. The molecule has 0 bridgehead atoms. The van der Waals surface area contributed by atoms with Crippen molar-refractivity contribution in [1.82, 2.24) is 4.90 Å². The van der Waals surface area contributed by atoms with Crippen LogP contribution in [0.1, 0.15) is 22.0 Å². The summed E-state index contributed by atoms with van der Waals surface area (Å²) in [5.41, 5.74) is 1.17. The highest BCUT2D eigenvalue weighted by Crippen LogP contribution is 2.24. The van der Waals surface area contributed by atoms with Gasteiger partial charge in [0.25, 0.3) is 5.91 Å². The molecule has 0 aliphatic carbocycles. The van der Waals surface area contributed by atoms with E-state index in [0.717, 1.165) is 5.56 Å². The zero-order valence-electron chi connectivity index (χ0n) is 13.2. The van der Waals surface area contributed by atoms with Crippen LogP contribution in [-0.4, -0.2) is 37.1 Å². The molecule has 1 aliphatic rings. The first-order valence-corrected chi connectivity index (χ1v) is 7.74. The summed E-state index contributed by atoms with van der Waals surface area (Å²) in [7, 11) is 0. The first-order chi connectivity index (χ1) is 12.0. The van der Waals surface area contributed by atoms with Crippen molar-refractivity contribution >= 4 is 5.91 Å². The predicted molar refractivity (Wildman–Crippen MR) is 84.1 cm³/mol. The molecule has 1 unspecified atom stereocenters. The van der Waals surface area contributed by atoms with Crippen molar-refractivity contribution in [3.63, 3.8) is 0 Å². The second kappa shape index (κ2) is 7.57. The van der Waals surface area contributed by atoms with Gasteiger partial charge in [0.2, 0.25) is 0 Å². The Bertz CT molecular complexity index is 719. The minimum atomic E-state index is -2.91. The van der Waals surface area contributed by atoms with Gasteiger partial charge >= 0.3 is 6.61 Å². The van der Waals surface area contributed by atoms with E-state index in [1.54, 1.807) is 17.0 Å². The number of rotatable bonds is 4. The van der Waals surface area contributed by atoms with Crippen molar-refractivity contribution < 1.29 is 27.4 Å². The third-order valence-electron chi connectivity index (χ3n) is 3.92. The summed E-state index contributed by atoms with van der Waals surface area (Å²) >= 11 is 0. The van der Waals surface area contributed by atoms with E-state index < -0.39 is 6.61 Å². The SMILES string of the molecule is O=C(c1ccc(OC(F)F)cc1)N1CCOC(c2ccc(F)cc2)C1. The van der Waals surface area contributed by atoms with Crippen LogP contribution in [0.25, 0.3) is 0 Å². The van der Waals surface area contributed by atoms with Crippen molar-refractivity contribution in [3.05, 3.63) is 65.5 Å². The number of halogens is 3. The normalized spacial score (nSPS) is 17.6. The Hall–Kier alpha value is -2.54. The molecule has 4 nitrogen and oxygen atoms in total. The van der Waals surface area contributed by atoms with Crippen LogP contribution in [0.2, 0.25) is 0 Å². The minimum absolute atomic E-state index is 0.00211. The van der Waals surface area contributed by atoms with Gasteiger partial charge in [-0.25, -0.2) is 4.39 Å². The van der Waals surface area contributed by atoms with Crippen molar-refractivity contribution in [1.29, 1.82) is 0 Å². The lowest BCUT2D eigenvalue weighted by Crippen LogP contribution is -2.42. The van der Waals surface area contributed by atoms with Gasteiger partial charge in [0, 0.05) is 12.1 Å². The number of amides is 1. The fourth-order valence-electron chi connectivity index (χ4n) is 2.67. The number of morpholine rings is 1. The maximum absolute atomic E-state index is 13.0. The lowest BCUT2D eigenvalue weighted by Gasteiger charge is -2.33. The van der Waals surface area contributed by atoms with Crippen molar-refractivity contribution in [2.24, 2.45) is 0 Å². The van der Waals surface area contributed by atoms with Crippen LogP contribution in [0.5, 0.6) is 5.75 Å². The van der Waals surface area contributed by atoms with E-state index >= 15 is 0 Å². The zero-order chi connectivity index (χ0) is 17.8. The summed E-state index contributed by atoms with van der Waals surface area (Å²) in [6, 6.07) is 11.5. The molecule has 2 aromatic carbocycles. The average molecular weight is 351 g/mol. The Morgan fingerprint density at radius 2 is 1.80 bits per heavy atom. The molecule has 1 amide bonds. The number of hydrogen-bond donors (Lipinski definition) is 0. The quantitative estimate of drug-likeness (QED) is 0.844. The first kappa shape index (κ1) is 17.3. The third-order valence-corrected chi connectivity index (χ3v) is 3.92. The molecular weight excluding hydrogens is 335 g/mol. The topological polar surface area (TPSA) is 38.8 Å². The van der Waals surface area contributed by atoms with Gasteiger partial charge in [-0.1, -0.05) is 12.1 Å². The van der Waals surface area contributed by atoms with Gasteiger partial charge in [-0.3, -0.25) is 4.79 Å². The largest absolute Gasteiger partial charge is 0.435 e.